The van der Waals surface area contributed by atoms with E-state index >= 15 is 0 Å². The van der Waals surface area contributed by atoms with Gasteiger partial charge in [0.2, 0.25) is 0 Å². The predicted octanol–water partition coefficient (Wildman–Crippen LogP) is 2.84. The van der Waals surface area contributed by atoms with Gasteiger partial charge in [0.25, 0.3) is 0 Å². The highest BCUT2D eigenvalue weighted by atomic mass is 15.3. The maximum atomic E-state index is 5.72. The number of rotatable bonds is 2. The van der Waals surface area contributed by atoms with Crippen LogP contribution in [0.2, 0.25) is 0 Å². The molecule has 0 aliphatic rings. The molecule has 1 aromatic heterocycles. The summed E-state index contributed by atoms with van der Waals surface area (Å²) in [6.45, 7) is 7.13. The summed E-state index contributed by atoms with van der Waals surface area (Å²) >= 11 is 0. The first-order valence-corrected chi connectivity index (χ1v) is 6.25. The van der Waals surface area contributed by atoms with Gasteiger partial charge < -0.3 is 5.73 Å². The van der Waals surface area contributed by atoms with Crippen LogP contribution < -0.4 is 5.73 Å². The first-order chi connectivity index (χ1) is 8.41. The van der Waals surface area contributed by atoms with Crippen LogP contribution in [0, 0.1) is 0 Å². The minimum Gasteiger partial charge on any atom is -0.325 e. The van der Waals surface area contributed by atoms with E-state index in [1.807, 2.05) is 17.9 Å². The van der Waals surface area contributed by atoms with Gasteiger partial charge >= 0.3 is 0 Å². The molecule has 1 heterocycles. The quantitative estimate of drug-likeness (QED) is 0.881. The van der Waals surface area contributed by atoms with Gasteiger partial charge in [0.05, 0.1) is 5.69 Å². The molecule has 0 aliphatic heterocycles. The number of nitrogens with zero attached hydrogens (tertiary/aromatic N) is 2. The third kappa shape index (κ3) is 2.46. The summed E-state index contributed by atoms with van der Waals surface area (Å²) in [6.07, 6.45) is 2.02. The van der Waals surface area contributed by atoms with Crippen LogP contribution in [-0.2, 0) is 19.0 Å². The highest BCUT2D eigenvalue weighted by Crippen LogP contribution is 2.27. The third-order valence-electron chi connectivity index (χ3n) is 3.16. The van der Waals surface area contributed by atoms with Crippen molar-refractivity contribution >= 4 is 0 Å². The van der Waals surface area contributed by atoms with Crippen molar-refractivity contribution in [1.82, 2.24) is 9.78 Å². The van der Waals surface area contributed by atoms with Crippen molar-refractivity contribution < 1.29 is 0 Å². The molecule has 0 atom stereocenters. The molecule has 2 N–H and O–H groups in total. The zero-order chi connectivity index (χ0) is 13.3. The first-order valence-electron chi connectivity index (χ1n) is 6.25. The van der Waals surface area contributed by atoms with Gasteiger partial charge in [-0.15, -0.1) is 0 Å². The summed E-state index contributed by atoms with van der Waals surface area (Å²) in [5.74, 6) is 0. The average Bonchev–Trinajstić information content (AvgIpc) is 2.69. The van der Waals surface area contributed by atoms with Crippen LogP contribution >= 0.6 is 0 Å². The fourth-order valence-electron chi connectivity index (χ4n) is 2.08. The topological polar surface area (TPSA) is 43.8 Å². The lowest BCUT2D eigenvalue weighted by Crippen LogP contribution is -2.10. The zero-order valence-electron chi connectivity index (χ0n) is 11.6. The van der Waals surface area contributed by atoms with Crippen LogP contribution in [-0.4, -0.2) is 9.78 Å². The minimum absolute atomic E-state index is 0.185. The summed E-state index contributed by atoms with van der Waals surface area (Å²) in [5, 5.41) is 4.37. The molecule has 0 unspecified atom stereocenters. The van der Waals surface area contributed by atoms with E-state index in [2.05, 4.69) is 50.1 Å². The lowest BCUT2D eigenvalue weighted by atomic mass is 9.86. The molecule has 0 radical (unpaired) electrons. The number of aryl methyl sites for hydroxylation is 1. The summed E-state index contributed by atoms with van der Waals surface area (Å²) in [5.41, 5.74) is 10.5. The summed E-state index contributed by atoms with van der Waals surface area (Å²) in [7, 11) is 1.92. The van der Waals surface area contributed by atoms with Gasteiger partial charge in [-0.1, -0.05) is 45.0 Å². The Kier molecular flexibility index (Phi) is 3.26. The lowest BCUT2D eigenvalue weighted by Gasteiger charge is -2.19. The Labute approximate surface area is 109 Å². The van der Waals surface area contributed by atoms with E-state index in [0.29, 0.717) is 6.54 Å². The van der Waals surface area contributed by atoms with Gasteiger partial charge in [-0.05, 0) is 16.5 Å². The zero-order valence-corrected chi connectivity index (χ0v) is 11.6. The second kappa shape index (κ2) is 4.58. The van der Waals surface area contributed by atoms with Crippen LogP contribution in [0.4, 0.5) is 0 Å². The molecule has 1 aromatic carbocycles. The Bertz CT molecular complexity index is 530. The largest absolute Gasteiger partial charge is 0.325 e. The molecule has 0 aliphatic carbocycles. The van der Waals surface area contributed by atoms with Gasteiger partial charge in [-0.2, -0.15) is 5.10 Å². The molecule has 0 fully saturated rings. The van der Waals surface area contributed by atoms with Gasteiger partial charge in [0.1, 0.15) is 0 Å². The number of hydrogen-bond donors (Lipinski definition) is 1. The van der Waals surface area contributed by atoms with E-state index in [1.54, 1.807) is 0 Å². The fourth-order valence-corrected chi connectivity index (χ4v) is 2.08. The molecule has 3 nitrogen and oxygen atoms in total. The molecular formula is C15H21N3. The monoisotopic (exact) mass is 243 g/mol. The Morgan fingerprint density at radius 1 is 1.17 bits per heavy atom. The Morgan fingerprint density at radius 2 is 1.78 bits per heavy atom. The van der Waals surface area contributed by atoms with E-state index in [-0.39, 0.29) is 5.41 Å². The van der Waals surface area contributed by atoms with Crippen LogP contribution in [0.25, 0.3) is 11.1 Å². The molecule has 96 valence electrons. The lowest BCUT2D eigenvalue weighted by molar-refractivity contribution is 0.590. The molecule has 0 spiro atoms. The van der Waals surface area contributed by atoms with Crippen LogP contribution in [0.15, 0.2) is 30.5 Å². The van der Waals surface area contributed by atoms with Crippen LogP contribution in [0.5, 0.6) is 0 Å². The molecule has 0 saturated carbocycles. The third-order valence-corrected chi connectivity index (χ3v) is 3.16. The maximum Gasteiger partial charge on any atom is 0.0838 e. The van der Waals surface area contributed by atoms with Crippen molar-refractivity contribution in [2.75, 3.05) is 0 Å². The summed E-state index contributed by atoms with van der Waals surface area (Å²) in [6, 6.07) is 8.67. The van der Waals surface area contributed by atoms with Crippen molar-refractivity contribution in [3.63, 3.8) is 0 Å². The van der Waals surface area contributed by atoms with E-state index < -0.39 is 0 Å². The molecule has 0 saturated heterocycles. The van der Waals surface area contributed by atoms with Crippen molar-refractivity contribution in [3.05, 3.63) is 41.7 Å². The van der Waals surface area contributed by atoms with Crippen molar-refractivity contribution in [3.8, 4) is 11.1 Å². The first kappa shape index (κ1) is 12.8. The van der Waals surface area contributed by atoms with Crippen molar-refractivity contribution in [1.29, 1.82) is 0 Å². The molecule has 2 rings (SSSR count). The van der Waals surface area contributed by atoms with Gasteiger partial charge in [-0.25, -0.2) is 0 Å². The van der Waals surface area contributed by atoms with Gasteiger partial charge in [-0.3, -0.25) is 4.68 Å². The van der Waals surface area contributed by atoms with Gasteiger partial charge in [0, 0.05) is 25.4 Å². The fraction of sp³-hybridized carbons (Fsp3) is 0.400. The van der Waals surface area contributed by atoms with Crippen LogP contribution in [0.1, 0.15) is 32.0 Å². The average molecular weight is 243 g/mol. The molecule has 2 aromatic rings. The second-order valence-corrected chi connectivity index (χ2v) is 5.69. The normalized spacial score (nSPS) is 11.8. The number of aromatic nitrogens is 2. The van der Waals surface area contributed by atoms with E-state index in [1.165, 1.54) is 11.1 Å². The highest BCUT2D eigenvalue weighted by molar-refractivity contribution is 5.65. The van der Waals surface area contributed by atoms with Gasteiger partial charge in [0.15, 0.2) is 0 Å². The van der Waals surface area contributed by atoms with E-state index in [0.717, 1.165) is 11.3 Å². The molecule has 0 bridgehead atoms. The maximum absolute atomic E-state index is 5.72. The van der Waals surface area contributed by atoms with E-state index in [9.17, 15) is 0 Å². The Hall–Kier alpha value is -1.61. The predicted molar refractivity (Wildman–Crippen MR) is 75.2 cm³/mol. The highest BCUT2D eigenvalue weighted by Gasteiger charge is 2.14. The van der Waals surface area contributed by atoms with Crippen LogP contribution in [0.3, 0.4) is 0 Å². The smallest absolute Gasteiger partial charge is 0.0838 e. The van der Waals surface area contributed by atoms with Crippen molar-refractivity contribution in [2.45, 2.75) is 32.7 Å². The summed E-state index contributed by atoms with van der Waals surface area (Å²) < 4.78 is 1.81. The number of nitrogens with two attached hydrogens (primary N) is 1. The standard InChI is InChI=1S/C15H21N3/c1-15(2,3)12-7-5-11(6-8-12)13-10-18(4)17-14(13)9-16/h5-8,10H,9,16H2,1-4H3. The number of benzene rings is 1. The molecule has 3 heteroatoms. The number of hydrogen-bond acceptors (Lipinski definition) is 2. The second-order valence-electron chi connectivity index (χ2n) is 5.69. The summed E-state index contributed by atoms with van der Waals surface area (Å²) in [4.78, 5) is 0. The Balaban J connectivity index is 2.40. The SMILES string of the molecule is Cn1cc(-c2ccc(C(C)(C)C)cc2)c(CN)n1. The minimum atomic E-state index is 0.185. The molecular weight excluding hydrogens is 222 g/mol. The molecule has 0 amide bonds. The van der Waals surface area contributed by atoms with Crippen molar-refractivity contribution in [2.24, 2.45) is 12.8 Å². The van der Waals surface area contributed by atoms with E-state index in [4.69, 9.17) is 5.73 Å². The Morgan fingerprint density at radius 3 is 2.28 bits per heavy atom. The molecule has 18 heavy (non-hydrogen) atoms.